The lowest BCUT2D eigenvalue weighted by molar-refractivity contribution is -0.145. The van der Waals surface area contributed by atoms with E-state index in [-0.39, 0.29) is 34.1 Å². The number of hydrogen-bond donors (Lipinski definition) is 3. The first kappa shape index (κ1) is 18.0. The van der Waals surface area contributed by atoms with Crippen LogP contribution < -0.4 is 16.6 Å². The van der Waals surface area contributed by atoms with Crippen LogP contribution in [0.3, 0.4) is 0 Å². The fourth-order valence-corrected chi connectivity index (χ4v) is 2.41. The van der Waals surface area contributed by atoms with E-state index in [0.29, 0.717) is 6.42 Å². The lowest BCUT2D eigenvalue weighted by Gasteiger charge is -2.18. The van der Waals surface area contributed by atoms with Crippen molar-refractivity contribution in [1.82, 2.24) is 15.3 Å². The van der Waals surface area contributed by atoms with Crippen molar-refractivity contribution in [2.24, 2.45) is 5.92 Å². The number of aromatic nitrogens is 2. The Morgan fingerprint density at radius 1 is 1.50 bits per heavy atom. The second kappa shape index (κ2) is 8.42. The van der Waals surface area contributed by atoms with E-state index in [9.17, 15) is 14.4 Å². The summed E-state index contributed by atoms with van der Waals surface area (Å²) >= 11 is 1.03. The number of carbonyl (C=O) groups is 2. The van der Waals surface area contributed by atoms with Crippen molar-refractivity contribution < 1.29 is 14.3 Å². The van der Waals surface area contributed by atoms with Crippen LogP contribution in [0.4, 0.5) is 5.82 Å². The summed E-state index contributed by atoms with van der Waals surface area (Å²) in [5, 5.41) is 2.86. The molecule has 1 aromatic heterocycles. The number of nitrogen functional groups attached to an aromatic ring is 1. The van der Waals surface area contributed by atoms with E-state index >= 15 is 0 Å². The quantitative estimate of drug-likeness (QED) is 0.369. The normalized spacial score (nSPS) is 12.0. The Hall–Kier alpha value is -2.03. The van der Waals surface area contributed by atoms with Gasteiger partial charge in [-0.15, -0.1) is 0 Å². The Balaban J connectivity index is 2.59. The number of ether oxygens (including phenoxy) is 1. The lowest BCUT2D eigenvalue weighted by Crippen LogP contribution is -2.43. The van der Waals surface area contributed by atoms with E-state index in [0.717, 1.165) is 17.8 Å². The number of esters is 1. The third-order valence-corrected chi connectivity index (χ3v) is 3.48. The summed E-state index contributed by atoms with van der Waals surface area (Å²) < 4.78 is 4.67. The van der Waals surface area contributed by atoms with Crippen molar-refractivity contribution in [2.45, 2.75) is 31.5 Å². The van der Waals surface area contributed by atoms with Gasteiger partial charge in [0.05, 0.1) is 12.9 Å². The molecule has 0 bridgehead atoms. The number of rotatable bonds is 7. The molecule has 1 atom stereocenters. The van der Waals surface area contributed by atoms with E-state index in [1.54, 1.807) is 0 Å². The van der Waals surface area contributed by atoms with E-state index in [1.165, 1.54) is 7.11 Å². The number of nitrogens with zero attached hydrogens (tertiary/aromatic N) is 1. The van der Waals surface area contributed by atoms with Crippen molar-refractivity contribution in [3.05, 3.63) is 16.4 Å². The first-order valence-electron chi connectivity index (χ1n) is 6.68. The zero-order valence-electron chi connectivity index (χ0n) is 12.7. The molecule has 0 saturated carbocycles. The van der Waals surface area contributed by atoms with Crippen LogP contribution in [0.2, 0.25) is 0 Å². The number of anilines is 1. The maximum absolute atomic E-state index is 11.9. The Kier molecular flexibility index (Phi) is 6.90. The van der Waals surface area contributed by atoms with Crippen LogP contribution in [0.15, 0.2) is 16.0 Å². The molecular formula is C13H20N4O4S. The minimum absolute atomic E-state index is 0.00200. The summed E-state index contributed by atoms with van der Waals surface area (Å²) in [5.41, 5.74) is 5.07. The lowest BCUT2D eigenvalue weighted by atomic mass is 10.0. The zero-order valence-corrected chi connectivity index (χ0v) is 13.5. The van der Waals surface area contributed by atoms with E-state index < -0.39 is 12.0 Å². The molecule has 1 unspecified atom stereocenters. The Morgan fingerprint density at radius 3 is 2.73 bits per heavy atom. The van der Waals surface area contributed by atoms with Crippen molar-refractivity contribution >= 4 is 29.5 Å². The molecule has 0 saturated heterocycles. The van der Waals surface area contributed by atoms with Gasteiger partial charge in [0.15, 0.2) is 5.16 Å². The predicted octanol–water partition coefficient (Wildman–Crippen LogP) is 0.148. The number of methoxy groups -OCH3 is 1. The van der Waals surface area contributed by atoms with Gasteiger partial charge in [0.1, 0.15) is 11.9 Å². The number of carbonyl (C=O) groups excluding carboxylic acids is 2. The minimum atomic E-state index is -0.689. The van der Waals surface area contributed by atoms with Gasteiger partial charge in [-0.2, -0.15) is 0 Å². The molecule has 22 heavy (non-hydrogen) atoms. The van der Waals surface area contributed by atoms with Gasteiger partial charge in [-0.25, -0.2) is 9.78 Å². The van der Waals surface area contributed by atoms with Gasteiger partial charge in [0.25, 0.3) is 5.56 Å². The number of nitrogens with one attached hydrogen (secondary N) is 2. The Labute approximate surface area is 132 Å². The summed E-state index contributed by atoms with van der Waals surface area (Å²) in [6.45, 7) is 3.89. The van der Waals surface area contributed by atoms with Crippen molar-refractivity contribution in [2.75, 3.05) is 18.6 Å². The van der Waals surface area contributed by atoms with Gasteiger partial charge >= 0.3 is 5.97 Å². The summed E-state index contributed by atoms with van der Waals surface area (Å²) in [4.78, 5) is 41.1. The number of aromatic amines is 1. The first-order chi connectivity index (χ1) is 10.3. The molecule has 1 rings (SSSR count). The molecule has 8 nitrogen and oxygen atoms in total. The van der Waals surface area contributed by atoms with E-state index in [2.05, 4.69) is 20.0 Å². The predicted molar refractivity (Wildman–Crippen MR) is 83.4 cm³/mol. The van der Waals surface area contributed by atoms with Crippen LogP contribution in [0, 0.1) is 5.92 Å². The fourth-order valence-electron chi connectivity index (χ4n) is 1.72. The van der Waals surface area contributed by atoms with Crippen molar-refractivity contribution in [1.29, 1.82) is 0 Å². The van der Waals surface area contributed by atoms with Crippen LogP contribution in [0.1, 0.15) is 20.3 Å². The van der Waals surface area contributed by atoms with Gasteiger partial charge in [-0.05, 0) is 12.3 Å². The van der Waals surface area contributed by atoms with E-state index in [4.69, 9.17) is 5.73 Å². The van der Waals surface area contributed by atoms with Crippen LogP contribution >= 0.6 is 11.8 Å². The SMILES string of the molecule is COC(=O)C(CC(C)C)NC(=O)CSc1nc(N)cc(=O)[nH]1. The van der Waals surface area contributed by atoms with Crippen molar-refractivity contribution in [3.63, 3.8) is 0 Å². The van der Waals surface area contributed by atoms with Crippen LogP contribution in [-0.4, -0.2) is 40.7 Å². The average molecular weight is 328 g/mol. The molecule has 1 heterocycles. The molecule has 122 valence electrons. The number of hydrogen-bond acceptors (Lipinski definition) is 7. The fraction of sp³-hybridized carbons (Fsp3) is 0.538. The number of thioether (sulfide) groups is 1. The number of amides is 1. The number of nitrogens with two attached hydrogens (primary N) is 1. The van der Waals surface area contributed by atoms with Gasteiger partial charge in [-0.1, -0.05) is 25.6 Å². The topological polar surface area (TPSA) is 127 Å². The van der Waals surface area contributed by atoms with Crippen molar-refractivity contribution in [3.8, 4) is 0 Å². The Bertz CT molecular complexity index is 588. The standard InChI is InChI=1S/C13H20N4O4S/c1-7(2)4-8(12(20)21-3)15-11(19)6-22-13-16-9(14)5-10(18)17-13/h5,7-8H,4,6H2,1-3H3,(H,15,19)(H3,14,16,17,18). The van der Waals surface area contributed by atoms with E-state index in [1.807, 2.05) is 13.8 Å². The molecule has 0 spiro atoms. The maximum Gasteiger partial charge on any atom is 0.328 e. The highest BCUT2D eigenvalue weighted by Gasteiger charge is 2.22. The van der Waals surface area contributed by atoms with Crippen LogP contribution in [0.5, 0.6) is 0 Å². The molecule has 0 radical (unpaired) electrons. The van der Waals surface area contributed by atoms with Gasteiger partial charge in [0.2, 0.25) is 5.91 Å². The first-order valence-corrected chi connectivity index (χ1v) is 7.67. The smallest absolute Gasteiger partial charge is 0.328 e. The average Bonchev–Trinajstić information content (AvgIpc) is 2.42. The van der Waals surface area contributed by atoms with Gasteiger partial charge < -0.3 is 20.8 Å². The largest absolute Gasteiger partial charge is 0.467 e. The summed E-state index contributed by atoms with van der Waals surface area (Å²) in [6.07, 6.45) is 0.483. The second-order valence-electron chi connectivity index (χ2n) is 5.04. The highest BCUT2D eigenvalue weighted by molar-refractivity contribution is 7.99. The third-order valence-electron chi connectivity index (χ3n) is 2.61. The monoisotopic (exact) mass is 328 g/mol. The second-order valence-corrected chi connectivity index (χ2v) is 6.00. The molecule has 1 aromatic rings. The minimum Gasteiger partial charge on any atom is -0.467 e. The number of H-pyrrole nitrogens is 1. The van der Waals surface area contributed by atoms with Gasteiger partial charge in [-0.3, -0.25) is 9.59 Å². The van der Waals surface area contributed by atoms with Crippen LogP contribution in [0.25, 0.3) is 0 Å². The zero-order chi connectivity index (χ0) is 16.7. The molecular weight excluding hydrogens is 308 g/mol. The third kappa shape index (κ3) is 6.17. The van der Waals surface area contributed by atoms with Crippen LogP contribution in [-0.2, 0) is 14.3 Å². The highest BCUT2D eigenvalue weighted by Crippen LogP contribution is 2.12. The molecule has 0 fully saturated rings. The highest BCUT2D eigenvalue weighted by atomic mass is 32.2. The molecule has 0 aromatic carbocycles. The Morgan fingerprint density at radius 2 is 2.18 bits per heavy atom. The molecule has 1 amide bonds. The molecule has 9 heteroatoms. The summed E-state index contributed by atoms with van der Waals surface area (Å²) in [5.74, 6) is -0.533. The molecule has 0 aliphatic heterocycles. The molecule has 0 aliphatic rings. The summed E-state index contributed by atoms with van der Waals surface area (Å²) in [6, 6.07) is 0.464. The summed E-state index contributed by atoms with van der Waals surface area (Å²) in [7, 11) is 1.28. The van der Waals surface area contributed by atoms with Gasteiger partial charge in [0, 0.05) is 6.07 Å². The molecule has 0 aliphatic carbocycles. The maximum atomic E-state index is 11.9. The molecule has 4 N–H and O–H groups in total.